The van der Waals surface area contributed by atoms with Crippen LogP contribution in [0, 0.1) is 0 Å². The number of hydrogen-bond donors (Lipinski definition) is 2. The molecular formula is C14H25N5O. The fourth-order valence-electron chi connectivity index (χ4n) is 2.76. The molecule has 20 heavy (non-hydrogen) atoms. The molecule has 1 unspecified atom stereocenters. The van der Waals surface area contributed by atoms with E-state index >= 15 is 0 Å². The fraction of sp³-hybridized carbons (Fsp3) is 0.714. The third kappa shape index (κ3) is 3.58. The zero-order valence-corrected chi connectivity index (χ0v) is 12.4. The lowest BCUT2D eigenvalue weighted by atomic mass is 10.1. The molecule has 1 fully saturated rings. The average molecular weight is 279 g/mol. The van der Waals surface area contributed by atoms with Crippen molar-refractivity contribution in [2.24, 2.45) is 5.84 Å². The summed E-state index contributed by atoms with van der Waals surface area (Å²) in [6.07, 6.45) is 6.95. The summed E-state index contributed by atoms with van der Waals surface area (Å²) >= 11 is 0. The van der Waals surface area contributed by atoms with Gasteiger partial charge >= 0.3 is 0 Å². The van der Waals surface area contributed by atoms with Gasteiger partial charge in [0.05, 0.1) is 12.2 Å². The SMILES string of the molecule is CCCc1c(NN)ncnc1OCCC1CCCN1C. The number of aromatic nitrogens is 2. The molecule has 1 aliphatic rings. The Balaban J connectivity index is 1.94. The second-order valence-electron chi connectivity index (χ2n) is 5.31. The summed E-state index contributed by atoms with van der Waals surface area (Å²) < 4.78 is 5.87. The second kappa shape index (κ2) is 7.40. The molecule has 0 spiro atoms. The predicted molar refractivity (Wildman–Crippen MR) is 79.6 cm³/mol. The van der Waals surface area contributed by atoms with Gasteiger partial charge in [-0.05, 0) is 39.3 Å². The smallest absolute Gasteiger partial charge is 0.221 e. The van der Waals surface area contributed by atoms with E-state index < -0.39 is 0 Å². The normalized spacial score (nSPS) is 19.2. The van der Waals surface area contributed by atoms with E-state index in [1.807, 2.05) is 0 Å². The van der Waals surface area contributed by atoms with Crippen molar-refractivity contribution in [2.45, 2.75) is 45.1 Å². The quantitative estimate of drug-likeness (QED) is 0.583. The summed E-state index contributed by atoms with van der Waals surface area (Å²) in [5.41, 5.74) is 3.59. The number of anilines is 1. The third-order valence-corrected chi connectivity index (χ3v) is 3.90. The molecule has 0 radical (unpaired) electrons. The van der Waals surface area contributed by atoms with Gasteiger partial charge < -0.3 is 15.1 Å². The van der Waals surface area contributed by atoms with Crippen molar-refractivity contribution in [2.75, 3.05) is 25.6 Å². The first-order valence-electron chi connectivity index (χ1n) is 7.39. The van der Waals surface area contributed by atoms with Crippen LogP contribution in [-0.4, -0.2) is 41.1 Å². The van der Waals surface area contributed by atoms with Gasteiger partial charge in [-0.15, -0.1) is 0 Å². The molecule has 2 rings (SSSR count). The molecule has 3 N–H and O–H groups in total. The van der Waals surface area contributed by atoms with E-state index in [1.54, 1.807) is 0 Å². The van der Waals surface area contributed by atoms with Crippen molar-refractivity contribution in [3.05, 3.63) is 11.9 Å². The Hall–Kier alpha value is -1.40. The van der Waals surface area contributed by atoms with Gasteiger partial charge in [0.2, 0.25) is 5.88 Å². The fourth-order valence-corrected chi connectivity index (χ4v) is 2.76. The van der Waals surface area contributed by atoms with Crippen molar-refractivity contribution >= 4 is 5.82 Å². The van der Waals surface area contributed by atoms with E-state index in [2.05, 4.69) is 34.3 Å². The summed E-state index contributed by atoms with van der Waals surface area (Å²) in [5.74, 6) is 6.82. The number of nitrogens with one attached hydrogen (secondary N) is 1. The highest BCUT2D eigenvalue weighted by atomic mass is 16.5. The Labute approximate surface area is 120 Å². The van der Waals surface area contributed by atoms with Crippen LogP contribution < -0.4 is 16.0 Å². The van der Waals surface area contributed by atoms with Crippen LogP contribution in [0.3, 0.4) is 0 Å². The highest BCUT2D eigenvalue weighted by Crippen LogP contribution is 2.24. The van der Waals surface area contributed by atoms with Gasteiger partial charge in [0.1, 0.15) is 12.1 Å². The monoisotopic (exact) mass is 279 g/mol. The Morgan fingerprint density at radius 2 is 2.35 bits per heavy atom. The van der Waals surface area contributed by atoms with Gasteiger partial charge in [-0.1, -0.05) is 13.3 Å². The Kier molecular flexibility index (Phi) is 5.55. The minimum Gasteiger partial charge on any atom is -0.477 e. The maximum absolute atomic E-state index is 5.87. The Morgan fingerprint density at radius 3 is 3.00 bits per heavy atom. The largest absolute Gasteiger partial charge is 0.477 e. The summed E-state index contributed by atoms with van der Waals surface area (Å²) in [6.45, 7) is 4.00. The third-order valence-electron chi connectivity index (χ3n) is 3.90. The molecule has 6 nitrogen and oxygen atoms in total. The van der Waals surface area contributed by atoms with Crippen LogP contribution in [0.1, 0.15) is 38.2 Å². The maximum Gasteiger partial charge on any atom is 0.221 e. The molecule has 112 valence electrons. The lowest BCUT2D eigenvalue weighted by Crippen LogP contribution is -2.26. The second-order valence-corrected chi connectivity index (χ2v) is 5.31. The number of rotatable bonds is 7. The highest BCUT2D eigenvalue weighted by molar-refractivity contribution is 5.47. The Bertz CT molecular complexity index is 426. The molecule has 0 bridgehead atoms. The molecule has 1 aliphatic heterocycles. The van der Waals surface area contributed by atoms with Crippen LogP contribution in [0.25, 0.3) is 0 Å². The van der Waals surface area contributed by atoms with Crippen LogP contribution in [0.2, 0.25) is 0 Å². The topological polar surface area (TPSA) is 76.3 Å². The van der Waals surface area contributed by atoms with Crippen molar-refractivity contribution < 1.29 is 4.74 Å². The number of likely N-dealkylation sites (tertiary alicyclic amines) is 1. The molecule has 0 amide bonds. The average Bonchev–Trinajstić information content (AvgIpc) is 2.86. The molecule has 0 aromatic carbocycles. The Morgan fingerprint density at radius 1 is 1.50 bits per heavy atom. The molecule has 1 saturated heterocycles. The summed E-state index contributed by atoms with van der Waals surface area (Å²) in [4.78, 5) is 10.8. The van der Waals surface area contributed by atoms with E-state index in [9.17, 15) is 0 Å². The molecule has 6 heteroatoms. The number of hydrazine groups is 1. The van der Waals surface area contributed by atoms with Gasteiger partial charge in [-0.3, -0.25) is 0 Å². The van der Waals surface area contributed by atoms with Crippen LogP contribution in [0.4, 0.5) is 5.82 Å². The van der Waals surface area contributed by atoms with Crippen LogP contribution in [-0.2, 0) is 6.42 Å². The summed E-state index contributed by atoms with van der Waals surface area (Å²) in [5, 5.41) is 0. The van der Waals surface area contributed by atoms with Crippen LogP contribution in [0.15, 0.2) is 6.33 Å². The summed E-state index contributed by atoms with van der Waals surface area (Å²) in [6, 6.07) is 0.638. The first-order chi connectivity index (χ1) is 9.76. The van der Waals surface area contributed by atoms with Crippen LogP contribution >= 0.6 is 0 Å². The number of hydrogen-bond acceptors (Lipinski definition) is 6. The minimum absolute atomic E-state index is 0.638. The molecule has 1 aromatic heterocycles. The standard InChI is InChI=1S/C14H25N5O/c1-3-5-12-13(18-15)16-10-17-14(12)20-9-7-11-6-4-8-19(11)2/h10-11H,3-9,15H2,1-2H3,(H,16,17,18). The highest BCUT2D eigenvalue weighted by Gasteiger charge is 2.20. The number of ether oxygens (including phenoxy) is 1. The zero-order valence-electron chi connectivity index (χ0n) is 12.4. The minimum atomic E-state index is 0.638. The molecule has 1 atom stereocenters. The van der Waals surface area contributed by atoms with Gasteiger partial charge in [0.25, 0.3) is 0 Å². The lowest BCUT2D eigenvalue weighted by Gasteiger charge is -2.19. The number of nitrogens with zero attached hydrogens (tertiary/aromatic N) is 3. The first kappa shape index (κ1) is 15.0. The number of nitrogens with two attached hydrogens (primary N) is 1. The van der Waals surface area contributed by atoms with Crippen molar-refractivity contribution in [1.82, 2.24) is 14.9 Å². The maximum atomic E-state index is 5.87. The number of nitrogen functional groups attached to an aromatic ring is 1. The zero-order chi connectivity index (χ0) is 14.4. The van der Waals surface area contributed by atoms with Gasteiger partial charge in [-0.25, -0.2) is 15.8 Å². The van der Waals surface area contributed by atoms with E-state index in [1.165, 1.54) is 25.7 Å². The van der Waals surface area contributed by atoms with E-state index in [4.69, 9.17) is 10.6 Å². The van der Waals surface area contributed by atoms with E-state index in [0.717, 1.165) is 24.8 Å². The molecule has 1 aromatic rings. The molecular weight excluding hydrogens is 254 g/mol. The van der Waals surface area contributed by atoms with Crippen molar-refractivity contribution in [1.29, 1.82) is 0 Å². The van der Waals surface area contributed by atoms with E-state index in [0.29, 0.717) is 24.3 Å². The predicted octanol–water partition coefficient (Wildman–Crippen LogP) is 1.58. The van der Waals surface area contributed by atoms with E-state index in [-0.39, 0.29) is 0 Å². The van der Waals surface area contributed by atoms with Crippen molar-refractivity contribution in [3.8, 4) is 5.88 Å². The lowest BCUT2D eigenvalue weighted by molar-refractivity contribution is 0.227. The molecule has 2 heterocycles. The van der Waals surface area contributed by atoms with Crippen molar-refractivity contribution in [3.63, 3.8) is 0 Å². The van der Waals surface area contributed by atoms with Gasteiger partial charge in [-0.2, -0.15) is 0 Å². The first-order valence-corrected chi connectivity index (χ1v) is 7.39. The molecule has 0 saturated carbocycles. The van der Waals surface area contributed by atoms with Gasteiger partial charge in [0, 0.05) is 6.04 Å². The van der Waals surface area contributed by atoms with Crippen LogP contribution in [0.5, 0.6) is 5.88 Å². The molecule has 0 aliphatic carbocycles. The van der Waals surface area contributed by atoms with Gasteiger partial charge in [0.15, 0.2) is 0 Å². The summed E-state index contributed by atoms with van der Waals surface area (Å²) in [7, 11) is 2.18.